The van der Waals surface area contributed by atoms with E-state index in [0.717, 1.165) is 30.0 Å². The van der Waals surface area contributed by atoms with Crippen LogP contribution >= 0.6 is 0 Å². The Kier molecular flexibility index (Phi) is 8.25. The molecule has 1 amide bonds. The number of ether oxygens (including phenoxy) is 2. The predicted molar refractivity (Wildman–Crippen MR) is 139 cm³/mol. The number of carbonyl (C=O) groups is 1. The Morgan fingerprint density at radius 2 is 1.67 bits per heavy atom. The van der Waals surface area contributed by atoms with Gasteiger partial charge in [-0.15, -0.1) is 0 Å². The number of para-hydroxylation sites is 1. The summed E-state index contributed by atoms with van der Waals surface area (Å²) in [5, 5.41) is 3.01. The number of methoxy groups -OCH3 is 1. The van der Waals surface area contributed by atoms with Gasteiger partial charge in [-0.25, -0.2) is 8.42 Å². The lowest BCUT2D eigenvalue weighted by Gasteiger charge is -2.35. The monoisotopic (exact) mass is 509 g/mol. The van der Waals surface area contributed by atoms with Crippen LogP contribution in [0.3, 0.4) is 0 Å². The predicted octanol–water partition coefficient (Wildman–Crippen LogP) is 3.61. The van der Waals surface area contributed by atoms with Crippen molar-refractivity contribution in [1.29, 1.82) is 0 Å². The van der Waals surface area contributed by atoms with E-state index in [9.17, 15) is 13.2 Å². The fourth-order valence-electron chi connectivity index (χ4n) is 4.14. The van der Waals surface area contributed by atoms with Crippen molar-refractivity contribution in [1.82, 2.24) is 10.2 Å². The van der Waals surface area contributed by atoms with Gasteiger partial charge in [0.05, 0.1) is 36.9 Å². The van der Waals surface area contributed by atoms with Crippen molar-refractivity contribution in [3.05, 3.63) is 89.5 Å². The van der Waals surface area contributed by atoms with E-state index in [1.807, 2.05) is 43.3 Å². The molecule has 1 atom stereocenters. The maximum atomic E-state index is 12.9. The highest BCUT2D eigenvalue weighted by atomic mass is 32.2. The molecule has 0 saturated carbocycles. The smallest absolute Gasteiger partial charge is 0.261 e. The molecular weight excluding hydrogens is 478 g/mol. The van der Waals surface area contributed by atoms with Gasteiger partial charge in [-0.05, 0) is 60.5 Å². The van der Waals surface area contributed by atoms with Crippen LogP contribution in [-0.4, -0.2) is 59.2 Å². The minimum atomic E-state index is -3.77. The van der Waals surface area contributed by atoms with Crippen molar-refractivity contribution in [2.24, 2.45) is 0 Å². The van der Waals surface area contributed by atoms with Gasteiger partial charge in [-0.2, -0.15) is 0 Å². The summed E-state index contributed by atoms with van der Waals surface area (Å²) in [6, 6.07) is 20.9. The maximum Gasteiger partial charge on any atom is 0.261 e. The van der Waals surface area contributed by atoms with Gasteiger partial charge < -0.3 is 14.8 Å². The zero-order valence-electron chi connectivity index (χ0n) is 20.4. The van der Waals surface area contributed by atoms with E-state index in [2.05, 4.69) is 14.9 Å². The number of amides is 1. The number of anilines is 1. The molecule has 3 aromatic carbocycles. The second-order valence-corrected chi connectivity index (χ2v) is 10.3. The van der Waals surface area contributed by atoms with Gasteiger partial charge >= 0.3 is 0 Å². The fourth-order valence-corrected chi connectivity index (χ4v) is 5.27. The summed E-state index contributed by atoms with van der Waals surface area (Å²) in [7, 11) is -2.14. The highest BCUT2D eigenvalue weighted by molar-refractivity contribution is 7.92. The Balaban J connectivity index is 1.44. The number of nitrogens with zero attached hydrogens (tertiary/aromatic N) is 1. The highest BCUT2D eigenvalue weighted by Gasteiger charge is 2.24. The van der Waals surface area contributed by atoms with Gasteiger partial charge in [0, 0.05) is 25.2 Å². The molecule has 0 spiro atoms. The SMILES string of the molecule is COc1ccc([C@H](CNC(=O)c2ccc(S(=O)(=O)Nc3ccccc3C)cc2)N2CCOCC2)cc1. The quantitative estimate of drug-likeness (QED) is 0.458. The summed E-state index contributed by atoms with van der Waals surface area (Å²) < 4.78 is 39.0. The Morgan fingerprint density at radius 3 is 2.31 bits per heavy atom. The molecule has 2 N–H and O–H groups in total. The van der Waals surface area contributed by atoms with Crippen molar-refractivity contribution >= 4 is 21.6 Å². The van der Waals surface area contributed by atoms with Crippen LogP contribution in [-0.2, 0) is 14.8 Å². The van der Waals surface area contributed by atoms with Crippen LogP contribution in [0, 0.1) is 6.92 Å². The Hall–Kier alpha value is -3.40. The van der Waals surface area contributed by atoms with Crippen LogP contribution < -0.4 is 14.8 Å². The van der Waals surface area contributed by atoms with Gasteiger partial charge in [0.2, 0.25) is 0 Å². The van der Waals surface area contributed by atoms with E-state index in [4.69, 9.17) is 9.47 Å². The zero-order chi connectivity index (χ0) is 25.5. The van der Waals surface area contributed by atoms with Gasteiger partial charge in [-0.1, -0.05) is 30.3 Å². The summed E-state index contributed by atoms with van der Waals surface area (Å²) in [4.78, 5) is 15.3. The van der Waals surface area contributed by atoms with E-state index in [1.165, 1.54) is 24.3 Å². The molecule has 36 heavy (non-hydrogen) atoms. The van der Waals surface area contributed by atoms with Gasteiger partial charge in [0.15, 0.2) is 0 Å². The van der Waals surface area contributed by atoms with Crippen molar-refractivity contribution in [2.45, 2.75) is 17.9 Å². The molecule has 0 radical (unpaired) electrons. The lowest BCUT2D eigenvalue weighted by atomic mass is 10.0. The number of hydrogen-bond acceptors (Lipinski definition) is 6. The number of carbonyl (C=O) groups excluding carboxylic acids is 1. The number of aryl methyl sites for hydroxylation is 1. The minimum absolute atomic E-state index is 0.0262. The molecule has 1 aliphatic rings. The summed E-state index contributed by atoms with van der Waals surface area (Å²) in [6.45, 7) is 5.07. The fraction of sp³-hybridized carbons (Fsp3) is 0.296. The summed E-state index contributed by atoms with van der Waals surface area (Å²) in [5.74, 6) is 0.507. The van der Waals surface area contributed by atoms with Crippen LogP contribution in [0.4, 0.5) is 5.69 Å². The van der Waals surface area contributed by atoms with E-state index in [1.54, 1.807) is 19.2 Å². The Bertz CT molecular complexity index is 1270. The van der Waals surface area contributed by atoms with Crippen molar-refractivity contribution in [3.63, 3.8) is 0 Å². The first-order chi connectivity index (χ1) is 17.4. The highest BCUT2D eigenvalue weighted by Crippen LogP contribution is 2.24. The first-order valence-electron chi connectivity index (χ1n) is 11.8. The van der Waals surface area contributed by atoms with Crippen molar-refractivity contribution in [3.8, 4) is 5.75 Å². The van der Waals surface area contributed by atoms with Crippen LogP contribution in [0.1, 0.15) is 27.5 Å². The molecule has 1 fully saturated rings. The number of nitrogens with one attached hydrogen (secondary N) is 2. The molecule has 0 unspecified atom stereocenters. The van der Waals surface area contributed by atoms with Crippen LogP contribution in [0.25, 0.3) is 0 Å². The molecule has 0 aliphatic carbocycles. The van der Waals surface area contributed by atoms with Crippen LogP contribution in [0.2, 0.25) is 0 Å². The third-order valence-corrected chi connectivity index (χ3v) is 7.64. The van der Waals surface area contributed by atoms with Gasteiger partial charge in [-0.3, -0.25) is 14.4 Å². The van der Waals surface area contributed by atoms with E-state index < -0.39 is 10.0 Å². The normalized spacial score (nSPS) is 15.2. The minimum Gasteiger partial charge on any atom is -0.497 e. The third kappa shape index (κ3) is 6.23. The zero-order valence-corrected chi connectivity index (χ0v) is 21.3. The van der Waals surface area contributed by atoms with E-state index >= 15 is 0 Å². The second kappa shape index (κ2) is 11.6. The lowest BCUT2D eigenvalue weighted by molar-refractivity contribution is 0.0162. The number of rotatable bonds is 9. The molecule has 9 heteroatoms. The molecule has 0 bridgehead atoms. The standard InChI is InChI=1S/C27H31N3O5S/c1-20-5-3-4-6-25(20)29-36(32,33)24-13-9-22(10-14-24)27(31)28-19-26(30-15-17-35-18-16-30)21-7-11-23(34-2)12-8-21/h3-14,26,29H,15-19H2,1-2H3,(H,28,31)/t26-/m0/s1. The first-order valence-corrected chi connectivity index (χ1v) is 13.3. The summed E-state index contributed by atoms with van der Waals surface area (Å²) >= 11 is 0. The number of hydrogen-bond donors (Lipinski definition) is 2. The van der Waals surface area contributed by atoms with Crippen molar-refractivity contribution in [2.75, 3.05) is 44.7 Å². The molecule has 190 valence electrons. The Labute approximate surface area is 212 Å². The summed E-state index contributed by atoms with van der Waals surface area (Å²) in [5.41, 5.74) is 2.80. The summed E-state index contributed by atoms with van der Waals surface area (Å²) in [6.07, 6.45) is 0. The average molecular weight is 510 g/mol. The van der Waals surface area contributed by atoms with E-state index in [0.29, 0.717) is 31.0 Å². The number of benzene rings is 3. The van der Waals surface area contributed by atoms with Crippen molar-refractivity contribution < 1.29 is 22.7 Å². The molecule has 1 aliphatic heterocycles. The van der Waals surface area contributed by atoms with Gasteiger partial charge in [0.25, 0.3) is 15.9 Å². The lowest BCUT2D eigenvalue weighted by Crippen LogP contribution is -2.43. The number of sulfonamides is 1. The molecule has 8 nitrogen and oxygen atoms in total. The van der Waals surface area contributed by atoms with E-state index in [-0.39, 0.29) is 16.8 Å². The third-order valence-electron chi connectivity index (χ3n) is 6.26. The molecule has 4 rings (SSSR count). The largest absolute Gasteiger partial charge is 0.497 e. The van der Waals surface area contributed by atoms with Crippen LogP contribution in [0.15, 0.2) is 77.7 Å². The average Bonchev–Trinajstić information content (AvgIpc) is 2.91. The maximum absolute atomic E-state index is 12.9. The topological polar surface area (TPSA) is 97.0 Å². The molecule has 0 aromatic heterocycles. The molecule has 1 saturated heterocycles. The first kappa shape index (κ1) is 25.7. The Morgan fingerprint density at radius 1 is 1.00 bits per heavy atom. The van der Waals surface area contributed by atoms with Gasteiger partial charge in [0.1, 0.15) is 5.75 Å². The molecule has 3 aromatic rings. The molecule has 1 heterocycles. The second-order valence-electron chi connectivity index (χ2n) is 8.59. The molecular formula is C27H31N3O5S. The number of morpholine rings is 1. The van der Waals surface area contributed by atoms with Crippen LogP contribution in [0.5, 0.6) is 5.75 Å².